The summed E-state index contributed by atoms with van der Waals surface area (Å²) in [5.74, 6) is 0.295. The number of methoxy groups -OCH3 is 2. The largest absolute Gasteiger partial charge is 0.493 e. The molecule has 0 saturated carbocycles. The highest BCUT2D eigenvalue weighted by atomic mass is 32.2. The second-order valence-corrected chi connectivity index (χ2v) is 12.5. The van der Waals surface area contributed by atoms with Gasteiger partial charge in [0, 0.05) is 45.5 Å². The number of thiophene rings is 1. The van der Waals surface area contributed by atoms with Crippen LogP contribution in [0.3, 0.4) is 0 Å². The number of anilines is 1. The Hall–Kier alpha value is -3.96. The van der Waals surface area contributed by atoms with Gasteiger partial charge in [0.1, 0.15) is 5.00 Å². The molecule has 1 aliphatic rings. The number of fused-ring (bicyclic) bond motifs is 2. The van der Waals surface area contributed by atoms with Gasteiger partial charge in [0.2, 0.25) is 5.91 Å². The van der Waals surface area contributed by atoms with Gasteiger partial charge in [-0.3, -0.25) is 9.59 Å². The average molecular weight is 622 g/mol. The number of para-hydroxylation sites is 1. The van der Waals surface area contributed by atoms with Crippen LogP contribution in [0.4, 0.5) is 5.00 Å². The molecule has 2 aromatic heterocycles. The van der Waals surface area contributed by atoms with Crippen molar-refractivity contribution < 1.29 is 28.6 Å². The molecule has 5 rings (SSSR count). The summed E-state index contributed by atoms with van der Waals surface area (Å²) < 4.78 is 18.0. The number of nitrogens with one attached hydrogen (secondary N) is 2. The first-order chi connectivity index (χ1) is 20.8. The highest BCUT2D eigenvalue weighted by molar-refractivity contribution is 8.00. The maximum atomic E-state index is 13.3. The molecule has 226 valence electrons. The van der Waals surface area contributed by atoms with Gasteiger partial charge >= 0.3 is 5.97 Å². The number of amides is 2. The van der Waals surface area contributed by atoms with Gasteiger partial charge in [0.25, 0.3) is 5.91 Å². The molecule has 43 heavy (non-hydrogen) atoms. The number of thioether (sulfide) groups is 1. The highest BCUT2D eigenvalue weighted by Gasteiger charge is 2.29. The van der Waals surface area contributed by atoms with E-state index in [2.05, 4.69) is 15.2 Å². The van der Waals surface area contributed by atoms with Crippen molar-refractivity contribution in [1.82, 2.24) is 9.88 Å². The van der Waals surface area contributed by atoms with E-state index in [0.717, 1.165) is 45.5 Å². The smallest absolute Gasteiger partial charge is 0.341 e. The van der Waals surface area contributed by atoms with Gasteiger partial charge < -0.3 is 29.4 Å². The summed E-state index contributed by atoms with van der Waals surface area (Å²) >= 11 is 2.94. The van der Waals surface area contributed by atoms with Gasteiger partial charge in [0.15, 0.2) is 11.5 Å². The van der Waals surface area contributed by atoms with Crippen molar-refractivity contribution in [3.8, 4) is 11.5 Å². The van der Waals surface area contributed by atoms with E-state index in [4.69, 9.17) is 14.2 Å². The molecule has 2 amide bonds. The summed E-state index contributed by atoms with van der Waals surface area (Å²) in [5, 5.41) is 7.18. The number of nitrogens with zero attached hydrogens (tertiary/aromatic N) is 1. The fourth-order valence-electron chi connectivity index (χ4n) is 5.23. The standard InChI is InChI=1S/C32H35N3O6S2/c1-5-41-32(38)28-22-10-8-12-26(22)43-31(28)34-29(36)19(2)42-27-18-35(23-11-7-6-9-21(23)27)16-15-33-30(37)20-13-14-24(39-3)25(17-20)40-4/h6-7,9,11,13-14,17-19H,5,8,10,12,15-16H2,1-4H3,(H,33,37)(H,34,36). The molecule has 0 saturated heterocycles. The lowest BCUT2D eigenvalue weighted by Gasteiger charge is -2.12. The second kappa shape index (κ2) is 13.6. The first-order valence-electron chi connectivity index (χ1n) is 14.2. The molecule has 1 unspecified atom stereocenters. The predicted octanol–water partition coefficient (Wildman–Crippen LogP) is 5.93. The maximum Gasteiger partial charge on any atom is 0.341 e. The van der Waals surface area contributed by atoms with Gasteiger partial charge in [0.05, 0.1) is 31.6 Å². The Kier molecular flexibility index (Phi) is 9.62. The molecule has 11 heteroatoms. The topological polar surface area (TPSA) is 108 Å². The third-order valence-corrected chi connectivity index (χ3v) is 9.70. The molecule has 9 nitrogen and oxygen atoms in total. The molecular formula is C32H35N3O6S2. The predicted molar refractivity (Wildman–Crippen MR) is 170 cm³/mol. The lowest BCUT2D eigenvalue weighted by atomic mass is 10.1. The van der Waals surface area contributed by atoms with Crippen LogP contribution in [0.15, 0.2) is 53.6 Å². The number of esters is 1. The van der Waals surface area contributed by atoms with Crippen LogP contribution in [0.2, 0.25) is 0 Å². The number of carbonyl (C=O) groups is 3. The lowest BCUT2D eigenvalue weighted by molar-refractivity contribution is -0.115. The van der Waals surface area contributed by atoms with Crippen molar-refractivity contribution in [3.05, 3.63) is 70.2 Å². The van der Waals surface area contributed by atoms with E-state index < -0.39 is 5.25 Å². The van der Waals surface area contributed by atoms with Crippen LogP contribution in [-0.4, -0.2) is 55.0 Å². The van der Waals surface area contributed by atoms with Crippen LogP contribution in [0.1, 0.15) is 51.4 Å². The summed E-state index contributed by atoms with van der Waals surface area (Å²) in [4.78, 5) is 41.0. The number of hydrogen-bond donors (Lipinski definition) is 2. The van der Waals surface area contributed by atoms with Crippen molar-refractivity contribution in [3.63, 3.8) is 0 Å². The molecule has 0 aliphatic heterocycles. The van der Waals surface area contributed by atoms with Crippen LogP contribution in [0.25, 0.3) is 10.9 Å². The fraction of sp³-hybridized carbons (Fsp3) is 0.344. The molecule has 2 N–H and O–H groups in total. The summed E-state index contributed by atoms with van der Waals surface area (Å²) in [6.07, 6.45) is 4.78. The summed E-state index contributed by atoms with van der Waals surface area (Å²) in [5.41, 5.74) is 3.02. The zero-order valence-corrected chi connectivity index (χ0v) is 26.3. The first kappa shape index (κ1) is 30.5. The molecule has 2 heterocycles. The Bertz CT molecular complexity index is 1660. The molecule has 4 aromatic rings. The monoisotopic (exact) mass is 621 g/mol. The van der Waals surface area contributed by atoms with Gasteiger partial charge in [-0.15, -0.1) is 23.1 Å². The Balaban J connectivity index is 1.26. The Labute approximate surface area is 258 Å². The van der Waals surface area contributed by atoms with Gasteiger partial charge in [-0.2, -0.15) is 0 Å². The van der Waals surface area contributed by atoms with Crippen molar-refractivity contribution in [2.45, 2.75) is 49.8 Å². The van der Waals surface area contributed by atoms with E-state index in [9.17, 15) is 14.4 Å². The van der Waals surface area contributed by atoms with Crippen molar-refractivity contribution in [2.75, 3.05) is 32.7 Å². The number of carbonyl (C=O) groups excluding carboxylic acids is 3. The quantitative estimate of drug-likeness (QED) is 0.149. The summed E-state index contributed by atoms with van der Waals surface area (Å²) in [6.45, 7) is 4.88. The van der Waals surface area contributed by atoms with Crippen LogP contribution in [0, 0.1) is 0 Å². The molecular weight excluding hydrogens is 587 g/mol. The first-order valence-corrected chi connectivity index (χ1v) is 15.9. The van der Waals surface area contributed by atoms with E-state index in [1.54, 1.807) is 32.2 Å². The normalized spacial score (nSPS) is 12.9. The number of benzene rings is 2. The zero-order chi connectivity index (χ0) is 30.5. The van der Waals surface area contributed by atoms with E-state index in [1.807, 2.05) is 37.4 Å². The minimum atomic E-state index is -0.420. The van der Waals surface area contributed by atoms with Crippen molar-refractivity contribution in [2.24, 2.45) is 0 Å². The highest BCUT2D eigenvalue weighted by Crippen LogP contribution is 2.40. The Morgan fingerprint density at radius 3 is 2.63 bits per heavy atom. The average Bonchev–Trinajstić information content (AvgIpc) is 3.70. The number of aromatic nitrogens is 1. The Morgan fingerprint density at radius 1 is 1.07 bits per heavy atom. The fourth-order valence-corrected chi connectivity index (χ4v) is 7.55. The molecule has 0 bridgehead atoms. The number of rotatable bonds is 12. The van der Waals surface area contributed by atoms with E-state index >= 15 is 0 Å². The number of ether oxygens (including phenoxy) is 3. The van der Waals surface area contributed by atoms with E-state index in [-0.39, 0.29) is 24.4 Å². The third kappa shape index (κ3) is 6.52. The second-order valence-electron chi connectivity index (χ2n) is 10.1. The summed E-state index contributed by atoms with van der Waals surface area (Å²) in [6, 6.07) is 13.1. The third-order valence-electron chi connectivity index (χ3n) is 7.35. The van der Waals surface area contributed by atoms with E-state index in [0.29, 0.717) is 40.7 Å². The molecule has 0 fully saturated rings. The van der Waals surface area contributed by atoms with Crippen LogP contribution < -0.4 is 20.1 Å². The minimum absolute atomic E-state index is 0.172. The minimum Gasteiger partial charge on any atom is -0.493 e. The maximum absolute atomic E-state index is 13.3. The van der Waals surface area contributed by atoms with Crippen LogP contribution in [-0.2, 0) is 28.9 Å². The van der Waals surface area contributed by atoms with Crippen molar-refractivity contribution >= 4 is 56.8 Å². The zero-order valence-electron chi connectivity index (χ0n) is 24.7. The number of hydrogen-bond acceptors (Lipinski definition) is 8. The molecule has 0 radical (unpaired) electrons. The SMILES string of the molecule is CCOC(=O)c1c(NC(=O)C(C)Sc2cn(CCNC(=O)c3ccc(OC)c(OC)c3)c3ccccc23)sc2c1CCC2. The molecule has 1 atom stereocenters. The van der Waals surface area contributed by atoms with Gasteiger partial charge in [-0.1, -0.05) is 18.2 Å². The van der Waals surface area contributed by atoms with Crippen molar-refractivity contribution in [1.29, 1.82) is 0 Å². The van der Waals surface area contributed by atoms with Gasteiger partial charge in [-0.05, 0) is 62.9 Å². The molecule has 1 aliphatic carbocycles. The number of aryl methyl sites for hydroxylation is 1. The lowest BCUT2D eigenvalue weighted by Crippen LogP contribution is -2.27. The van der Waals surface area contributed by atoms with Gasteiger partial charge in [-0.25, -0.2) is 4.79 Å². The van der Waals surface area contributed by atoms with E-state index in [1.165, 1.54) is 30.2 Å². The molecule has 0 spiro atoms. The summed E-state index contributed by atoms with van der Waals surface area (Å²) in [7, 11) is 3.08. The van der Waals surface area contributed by atoms with Crippen LogP contribution >= 0.6 is 23.1 Å². The molecule has 2 aromatic carbocycles. The van der Waals surface area contributed by atoms with Crippen LogP contribution in [0.5, 0.6) is 11.5 Å². The Morgan fingerprint density at radius 2 is 1.86 bits per heavy atom.